The van der Waals surface area contributed by atoms with Gasteiger partial charge in [-0.05, 0) is 12.1 Å². The lowest BCUT2D eigenvalue weighted by Gasteiger charge is -2.14. The van der Waals surface area contributed by atoms with Gasteiger partial charge in [0.15, 0.2) is 4.90 Å². The van der Waals surface area contributed by atoms with Crippen LogP contribution < -0.4 is 4.72 Å². The van der Waals surface area contributed by atoms with Crippen LogP contribution in [0, 0.1) is 15.9 Å². The number of sulfonamides is 1. The molecule has 1 aromatic carbocycles. The number of nitro benzene ring substituents is 1. The monoisotopic (exact) mass is 314 g/mol. The van der Waals surface area contributed by atoms with Crippen LogP contribution in [0.15, 0.2) is 23.1 Å². The number of benzene rings is 1. The van der Waals surface area contributed by atoms with E-state index in [9.17, 15) is 31.7 Å². The van der Waals surface area contributed by atoms with Gasteiger partial charge in [-0.2, -0.15) is 0 Å². The van der Waals surface area contributed by atoms with E-state index in [1.807, 2.05) is 0 Å². The molecule has 11 heteroatoms. The Labute approximate surface area is 111 Å². The molecule has 0 spiro atoms. The zero-order chi connectivity index (χ0) is 15.6. The first-order valence-electron chi connectivity index (χ1n) is 5.01. The van der Waals surface area contributed by atoms with E-state index >= 15 is 0 Å². The zero-order valence-electron chi connectivity index (χ0n) is 9.72. The minimum absolute atomic E-state index is 0.360. The third-order valence-electron chi connectivity index (χ3n) is 2.16. The quantitative estimate of drug-likeness (QED) is 0.591. The van der Waals surface area contributed by atoms with Crippen LogP contribution in [0.3, 0.4) is 0 Å². The third-order valence-corrected chi connectivity index (χ3v) is 3.61. The smallest absolute Gasteiger partial charge is 0.292 e. The molecule has 0 aliphatic heterocycles. The van der Waals surface area contributed by atoms with Crippen molar-refractivity contribution in [3.63, 3.8) is 0 Å². The largest absolute Gasteiger partial charge is 0.390 e. The van der Waals surface area contributed by atoms with Crippen LogP contribution in [0.1, 0.15) is 0 Å². The molecule has 0 bridgehead atoms. The van der Waals surface area contributed by atoms with E-state index in [0.717, 1.165) is 0 Å². The summed E-state index contributed by atoms with van der Waals surface area (Å²) in [4.78, 5) is 8.54. The van der Waals surface area contributed by atoms with Crippen LogP contribution in [-0.4, -0.2) is 37.5 Å². The number of nitrogens with zero attached hydrogens (tertiary/aromatic N) is 1. The molecule has 0 unspecified atom stereocenters. The second kappa shape index (κ2) is 5.73. The molecular weight excluding hydrogens is 305 g/mol. The number of hydrogen-bond donors (Lipinski definition) is 2. The highest BCUT2D eigenvalue weighted by Gasteiger charge is 2.33. The predicted octanol–water partition coefficient (Wildman–Crippen LogP) is 0.640. The summed E-state index contributed by atoms with van der Waals surface area (Å²) < 4.78 is 63.1. The van der Waals surface area contributed by atoms with Crippen LogP contribution in [0.5, 0.6) is 0 Å². The lowest BCUT2D eigenvalue weighted by Crippen LogP contribution is -2.39. The van der Waals surface area contributed by atoms with Gasteiger partial charge in [0.05, 0.1) is 17.5 Å². The SMILES string of the molecule is O=[N+]([O-])c1cc(F)ccc1S(=O)(=O)NCC(F)(F)CO. The van der Waals surface area contributed by atoms with Crippen LogP contribution in [0.25, 0.3) is 0 Å². The van der Waals surface area contributed by atoms with Crippen LogP contribution in [0.4, 0.5) is 18.9 Å². The van der Waals surface area contributed by atoms with Gasteiger partial charge in [-0.3, -0.25) is 10.1 Å². The number of rotatable bonds is 6. The first-order chi connectivity index (χ1) is 9.09. The summed E-state index contributed by atoms with van der Waals surface area (Å²) in [5.74, 6) is -4.77. The fourth-order valence-corrected chi connectivity index (χ4v) is 2.41. The Balaban J connectivity index is 3.13. The first kappa shape index (κ1) is 16.3. The molecule has 0 aromatic heterocycles. The molecule has 7 nitrogen and oxygen atoms in total. The van der Waals surface area contributed by atoms with Gasteiger partial charge in [0.2, 0.25) is 10.0 Å². The Kier molecular flexibility index (Phi) is 4.68. The van der Waals surface area contributed by atoms with Crippen molar-refractivity contribution in [2.24, 2.45) is 0 Å². The zero-order valence-corrected chi connectivity index (χ0v) is 10.5. The number of aliphatic hydroxyl groups excluding tert-OH is 1. The average Bonchev–Trinajstić information content (AvgIpc) is 2.36. The highest BCUT2D eigenvalue weighted by Crippen LogP contribution is 2.24. The Hall–Kier alpha value is -1.72. The third kappa shape index (κ3) is 3.88. The first-order valence-corrected chi connectivity index (χ1v) is 6.50. The topological polar surface area (TPSA) is 110 Å². The molecule has 0 saturated heterocycles. The number of nitro groups is 1. The van der Waals surface area contributed by atoms with Crippen molar-refractivity contribution in [1.82, 2.24) is 4.72 Å². The second-order valence-electron chi connectivity index (χ2n) is 3.71. The summed E-state index contributed by atoms with van der Waals surface area (Å²) in [6, 6.07) is 1.59. The average molecular weight is 314 g/mol. The molecule has 0 aliphatic carbocycles. The molecule has 0 aliphatic rings. The number of halogens is 3. The fraction of sp³-hybridized carbons (Fsp3) is 0.333. The molecule has 20 heavy (non-hydrogen) atoms. The van der Waals surface area contributed by atoms with Gasteiger partial charge in [-0.25, -0.2) is 26.3 Å². The van der Waals surface area contributed by atoms with Gasteiger partial charge in [0, 0.05) is 0 Å². The van der Waals surface area contributed by atoms with Crippen molar-refractivity contribution >= 4 is 15.7 Å². The second-order valence-corrected chi connectivity index (χ2v) is 5.44. The molecule has 1 rings (SSSR count). The van der Waals surface area contributed by atoms with Crippen molar-refractivity contribution < 1.29 is 31.6 Å². The van der Waals surface area contributed by atoms with Gasteiger partial charge in [-0.1, -0.05) is 0 Å². The minimum Gasteiger partial charge on any atom is -0.390 e. The van der Waals surface area contributed by atoms with Gasteiger partial charge in [0.25, 0.3) is 11.6 Å². The lowest BCUT2D eigenvalue weighted by molar-refractivity contribution is -0.388. The number of aliphatic hydroxyl groups is 1. The number of nitrogens with one attached hydrogen (secondary N) is 1. The Morgan fingerprint density at radius 1 is 1.40 bits per heavy atom. The van der Waals surface area contributed by atoms with Gasteiger partial charge < -0.3 is 5.11 Å². The van der Waals surface area contributed by atoms with E-state index in [1.54, 1.807) is 0 Å². The minimum atomic E-state index is -4.65. The van der Waals surface area contributed by atoms with Crippen LogP contribution >= 0.6 is 0 Å². The van der Waals surface area contributed by atoms with Crippen LogP contribution in [-0.2, 0) is 10.0 Å². The molecule has 0 radical (unpaired) electrons. The maximum Gasteiger partial charge on any atom is 0.292 e. The standard InChI is InChI=1S/C9H9F3N2O5S/c10-6-1-2-8(7(3-6)14(16)17)20(18,19)13-4-9(11,12)5-15/h1-3,13,15H,4-5H2. The molecule has 0 amide bonds. The van der Waals surface area contributed by atoms with Gasteiger partial charge in [0.1, 0.15) is 12.4 Å². The summed E-state index contributed by atoms with van der Waals surface area (Å²) in [6.07, 6.45) is 0. The summed E-state index contributed by atoms with van der Waals surface area (Å²) in [6.45, 7) is -3.04. The molecule has 0 fully saturated rings. The molecular formula is C9H9F3N2O5S. The Morgan fingerprint density at radius 2 is 2.00 bits per heavy atom. The molecule has 0 heterocycles. The van der Waals surface area contributed by atoms with E-state index in [4.69, 9.17) is 5.11 Å². The van der Waals surface area contributed by atoms with Gasteiger partial charge in [-0.15, -0.1) is 0 Å². The lowest BCUT2D eigenvalue weighted by atomic mass is 10.3. The molecule has 1 aromatic rings. The summed E-state index contributed by atoms with van der Waals surface area (Å²) >= 11 is 0. The highest BCUT2D eigenvalue weighted by molar-refractivity contribution is 7.89. The molecule has 2 N–H and O–H groups in total. The van der Waals surface area contributed by atoms with Crippen molar-refractivity contribution in [2.75, 3.05) is 13.2 Å². The van der Waals surface area contributed by atoms with Crippen molar-refractivity contribution in [2.45, 2.75) is 10.8 Å². The Bertz CT molecular complexity index is 620. The maximum atomic E-state index is 12.9. The fourth-order valence-electron chi connectivity index (χ4n) is 1.19. The normalized spacial score (nSPS) is 12.4. The van der Waals surface area contributed by atoms with Crippen molar-refractivity contribution in [3.8, 4) is 0 Å². The van der Waals surface area contributed by atoms with E-state index in [1.165, 1.54) is 4.72 Å². The summed E-state index contributed by atoms with van der Waals surface area (Å²) in [5.41, 5.74) is -1.08. The van der Waals surface area contributed by atoms with E-state index < -0.39 is 50.4 Å². The molecule has 112 valence electrons. The maximum absolute atomic E-state index is 12.9. The van der Waals surface area contributed by atoms with Gasteiger partial charge >= 0.3 is 0 Å². The highest BCUT2D eigenvalue weighted by atomic mass is 32.2. The Morgan fingerprint density at radius 3 is 2.50 bits per heavy atom. The van der Waals surface area contributed by atoms with Crippen molar-refractivity contribution in [3.05, 3.63) is 34.1 Å². The van der Waals surface area contributed by atoms with Crippen molar-refractivity contribution in [1.29, 1.82) is 0 Å². The van der Waals surface area contributed by atoms with E-state index in [2.05, 4.69) is 0 Å². The number of alkyl halides is 2. The number of hydrogen-bond acceptors (Lipinski definition) is 5. The van der Waals surface area contributed by atoms with Crippen LogP contribution in [0.2, 0.25) is 0 Å². The molecule has 0 saturated carbocycles. The van der Waals surface area contributed by atoms with E-state index in [-0.39, 0.29) is 0 Å². The summed E-state index contributed by atoms with van der Waals surface area (Å²) in [5, 5.41) is 18.9. The predicted molar refractivity (Wildman–Crippen MR) is 60.3 cm³/mol. The summed E-state index contributed by atoms with van der Waals surface area (Å²) in [7, 11) is -4.65. The van der Waals surface area contributed by atoms with E-state index in [0.29, 0.717) is 18.2 Å². The molecule has 0 atom stereocenters.